The Morgan fingerprint density at radius 1 is 0.969 bits per heavy atom. The van der Waals surface area contributed by atoms with E-state index in [2.05, 4.69) is 34.3 Å². The Morgan fingerprint density at radius 3 is 2.53 bits per heavy atom. The Labute approximate surface area is 188 Å². The molecule has 1 aromatic heterocycles. The maximum Gasteiger partial charge on any atom is 0.318 e. The third-order valence-corrected chi connectivity index (χ3v) is 6.63. The molecule has 2 aliphatic rings. The quantitative estimate of drug-likeness (QED) is 0.629. The third kappa shape index (κ3) is 3.60. The van der Waals surface area contributed by atoms with Crippen molar-refractivity contribution < 1.29 is 14.3 Å². The normalized spacial score (nSPS) is 17.9. The van der Waals surface area contributed by atoms with Crippen molar-refractivity contribution in [1.29, 1.82) is 0 Å². The van der Waals surface area contributed by atoms with Gasteiger partial charge in [-0.25, -0.2) is 4.79 Å². The van der Waals surface area contributed by atoms with Gasteiger partial charge in [0.1, 0.15) is 0 Å². The second kappa shape index (κ2) is 8.61. The number of carbonyl (C=O) groups is 1. The van der Waals surface area contributed by atoms with Crippen LogP contribution in [0, 0.1) is 0 Å². The molecule has 1 aliphatic heterocycles. The van der Waals surface area contributed by atoms with Crippen molar-refractivity contribution in [3.05, 3.63) is 77.6 Å². The van der Waals surface area contributed by atoms with Crippen LogP contribution in [-0.4, -0.2) is 35.8 Å². The van der Waals surface area contributed by atoms with Crippen LogP contribution in [0.1, 0.15) is 48.5 Å². The van der Waals surface area contributed by atoms with Crippen LogP contribution in [-0.2, 0) is 6.54 Å². The summed E-state index contributed by atoms with van der Waals surface area (Å²) in [5.41, 5.74) is 4.25. The molecule has 0 radical (unpaired) electrons. The predicted octanol–water partition coefficient (Wildman–Crippen LogP) is 5.05. The summed E-state index contributed by atoms with van der Waals surface area (Å²) >= 11 is 0. The molecule has 1 saturated carbocycles. The number of benzene rings is 2. The van der Waals surface area contributed by atoms with Crippen LogP contribution in [0.25, 0.3) is 5.69 Å². The number of carbonyl (C=O) groups excluding carboxylic acids is 1. The number of fused-ring (bicyclic) bond motifs is 3. The van der Waals surface area contributed by atoms with E-state index in [0.29, 0.717) is 18.0 Å². The summed E-state index contributed by atoms with van der Waals surface area (Å²) in [6, 6.07) is 18.3. The standard InChI is InChI=1S/C26H29N3O3/c1-31-23-14-13-18(16-24(23)32-2)25-22-12-7-15-28(22)21-11-6-3-8-19(21)17-29(25)26(30)27-20-9-4-5-10-20/h3,6-8,11-16,20,25H,4-5,9-10,17H2,1-2H3,(H,27,30)/t25-/m1/s1. The number of urea groups is 1. The molecule has 2 heterocycles. The smallest absolute Gasteiger partial charge is 0.318 e. The van der Waals surface area contributed by atoms with Gasteiger partial charge >= 0.3 is 6.03 Å². The first kappa shape index (κ1) is 20.5. The first-order valence-electron chi connectivity index (χ1n) is 11.2. The topological polar surface area (TPSA) is 55.7 Å². The molecule has 166 valence electrons. The second-order valence-corrected chi connectivity index (χ2v) is 8.51. The van der Waals surface area contributed by atoms with Gasteiger partial charge in [0.15, 0.2) is 11.5 Å². The first-order chi connectivity index (χ1) is 15.7. The molecule has 0 spiro atoms. The zero-order valence-corrected chi connectivity index (χ0v) is 18.6. The Bertz CT molecular complexity index is 1120. The lowest BCUT2D eigenvalue weighted by Crippen LogP contribution is -2.45. The Balaban J connectivity index is 1.63. The molecule has 2 aromatic carbocycles. The van der Waals surface area contributed by atoms with Crippen molar-refractivity contribution in [3.63, 3.8) is 0 Å². The molecule has 0 bridgehead atoms. The van der Waals surface area contributed by atoms with Crippen molar-refractivity contribution in [2.45, 2.75) is 44.3 Å². The molecule has 6 nitrogen and oxygen atoms in total. The summed E-state index contributed by atoms with van der Waals surface area (Å²) in [6.07, 6.45) is 6.52. The SMILES string of the molecule is COc1ccc([C@@H]2c3cccn3-c3ccccc3CN2C(=O)NC2CCCC2)cc1OC. The number of methoxy groups -OCH3 is 2. The van der Waals surface area contributed by atoms with Crippen molar-refractivity contribution in [2.24, 2.45) is 0 Å². The average Bonchev–Trinajstić information content (AvgIpc) is 3.49. The summed E-state index contributed by atoms with van der Waals surface area (Å²) < 4.78 is 13.2. The van der Waals surface area contributed by atoms with Crippen LogP contribution >= 0.6 is 0 Å². The fourth-order valence-electron chi connectivity index (χ4n) is 5.04. The van der Waals surface area contributed by atoms with Crippen molar-refractivity contribution in [2.75, 3.05) is 14.2 Å². The minimum absolute atomic E-state index is 0.0267. The van der Waals surface area contributed by atoms with Crippen LogP contribution in [0.3, 0.4) is 0 Å². The van der Waals surface area contributed by atoms with E-state index in [1.807, 2.05) is 41.3 Å². The maximum atomic E-state index is 13.7. The molecule has 3 aromatic rings. The summed E-state index contributed by atoms with van der Waals surface area (Å²) in [5, 5.41) is 3.30. The number of aromatic nitrogens is 1. The first-order valence-corrected chi connectivity index (χ1v) is 11.2. The van der Waals surface area contributed by atoms with Gasteiger partial charge in [-0.2, -0.15) is 0 Å². The largest absolute Gasteiger partial charge is 0.493 e. The van der Waals surface area contributed by atoms with Crippen molar-refractivity contribution in [3.8, 4) is 17.2 Å². The molecule has 0 unspecified atom stereocenters. The van der Waals surface area contributed by atoms with E-state index in [-0.39, 0.29) is 18.1 Å². The highest BCUT2D eigenvalue weighted by Crippen LogP contribution is 2.39. The molecule has 1 N–H and O–H groups in total. The van der Waals surface area contributed by atoms with Gasteiger partial charge in [0.2, 0.25) is 0 Å². The van der Waals surface area contributed by atoms with Gasteiger partial charge in [0.05, 0.1) is 32.5 Å². The summed E-state index contributed by atoms with van der Waals surface area (Å²) in [4.78, 5) is 15.6. The predicted molar refractivity (Wildman–Crippen MR) is 123 cm³/mol. The molecule has 0 saturated heterocycles. The Hall–Kier alpha value is -3.41. The zero-order chi connectivity index (χ0) is 22.1. The summed E-state index contributed by atoms with van der Waals surface area (Å²) in [6.45, 7) is 0.523. The number of hydrogen-bond acceptors (Lipinski definition) is 3. The number of hydrogen-bond donors (Lipinski definition) is 1. The lowest BCUT2D eigenvalue weighted by molar-refractivity contribution is 0.176. The molecule has 1 atom stereocenters. The third-order valence-electron chi connectivity index (χ3n) is 6.63. The Morgan fingerprint density at radius 2 is 1.75 bits per heavy atom. The molecule has 6 heteroatoms. The van der Waals surface area contributed by atoms with E-state index in [1.54, 1.807) is 14.2 Å². The highest BCUT2D eigenvalue weighted by atomic mass is 16.5. The van der Waals surface area contributed by atoms with E-state index < -0.39 is 0 Å². The van der Waals surface area contributed by atoms with Crippen LogP contribution in [0.15, 0.2) is 60.8 Å². The van der Waals surface area contributed by atoms with Gasteiger partial charge < -0.3 is 24.3 Å². The van der Waals surface area contributed by atoms with Crippen molar-refractivity contribution in [1.82, 2.24) is 14.8 Å². The molecule has 32 heavy (non-hydrogen) atoms. The van der Waals surface area contributed by atoms with Gasteiger partial charge in [-0.3, -0.25) is 0 Å². The van der Waals surface area contributed by atoms with Gasteiger partial charge in [0, 0.05) is 17.9 Å². The number of amides is 2. The molecular weight excluding hydrogens is 402 g/mol. The van der Waals surface area contributed by atoms with Crippen molar-refractivity contribution >= 4 is 6.03 Å². The second-order valence-electron chi connectivity index (χ2n) is 8.51. The van der Waals surface area contributed by atoms with Gasteiger partial charge in [-0.1, -0.05) is 37.1 Å². The van der Waals surface area contributed by atoms with Crippen LogP contribution in [0.5, 0.6) is 11.5 Å². The summed E-state index contributed by atoms with van der Waals surface area (Å²) in [7, 11) is 3.27. The molecule has 1 fully saturated rings. The Kier molecular flexibility index (Phi) is 5.52. The number of para-hydroxylation sites is 1. The molecule has 2 amide bonds. The molecular formula is C26H29N3O3. The lowest BCUT2D eigenvalue weighted by atomic mass is 10.0. The monoisotopic (exact) mass is 431 g/mol. The minimum atomic E-state index is -0.265. The van der Waals surface area contributed by atoms with E-state index in [1.165, 1.54) is 12.8 Å². The highest BCUT2D eigenvalue weighted by molar-refractivity contribution is 5.76. The van der Waals surface area contributed by atoms with E-state index in [0.717, 1.165) is 35.3 Å². The van der Waals surface area contributed by atoms with E-state index in [9.17, 15) is 4.79 Å². The average molecular weight is 432 g/mol. The number of nitrogens with one attached hydrogen (secondary N) is 1. The van der Waals surface area contributed by atoms with E-state index >= 15 is 0 Å². The lowest BCUT2D eigenvalue weighted by Gasteiger charge is -2.32. The fraction of sp³-hybridized carbons (Fsp3) is 0.346. The minimum Gasteiger partial charge on any atom is -0.493 e. The molecule has 1 aliphatic carbocycles. The maximum absolute atomic E-state index is 13.7. The van der Waals surface area contributed by atoms with E-state index in [4.69, 9.17) is 9.47 Å². The number of rotatable bonds is 4. The van der Waals surface area contributed by atoms with Crippen LogP contribution in [0.2, 0.25) is 0 Å². The van der Waals surface area contributed by atoms with Crippen LogP contribution in [0.4, 0.5) is 4.79 Å². The number of nitrogens with zero attached hydrogens (tertiary/aromatic N) is 2. The van der Waals surface area contributed by atoms with Crippen LogP contribution < -0.4 is 14.8 Å². The fourth-order valence-corrected chi connectivity index (χ4v) is 5.04. The molecule has 5 rings (SSSR count). The van der Waals surface area contributed by atoms with Gasteiger partial charge in [-0.15, -0.1) is 0 Å². The van der Waals surface area contributed by atoms with Gasteiger partial charge in [-0.05, 0) is 54.3 Å². The van der Waals surface area contributed by atoms with Gasteiger partial charge in [0.25, 0.3) is 0 Å². The zero-order valence-electron chi connectivity index (χ0n) is 18.6. The number of ether oxygens (including phenoxy) is 2. The summed E-state index contributed by atoms with van der Waals surface area (Å²) in [5.74, 6) is 1.33. The highest BCUT2D eigenvalue weighted by Gasteiger charge is 2.34.